The first kappa shape index (κ1) is 17.9. The van der Waals surface area contributed by atoms with Crippen LogP contribution in [0.25, 0.3) is 11.0 Å². The largest absolute Gasteiger partial charge is 0.345 e. The van der Waals surface area contributed by atoms with Gasteiger partial charge in [-0.2, -0.15) is 0 Å². The molecule has 0 radical (unpaired) electrons. The van der Waals surface area contributed by atoms with Crippen LogP contribution in [0.5, 0.6) is 0 Å². The van der Waals surface area contributed by atoms with E-state index in [2.05, 4.69) is 28.9 Å². The van der Waals surface area contributed by atoms with Crippen LogP contribution < -0.4 is 5.32 Å². The average Bonchev–Trinajstić information content (AvgIpc) is 3.06. The van der Waals surface area contributed by atoms with Crippen LogP contribution in [-0.4, -0.2) is 15.5 Å². The summed E-state index contributed by atoms with van der Waals surface area (Å²) in [5.74, 6) is 0.158. The van der Waals surface area contributed by atoms with Gasteiger partial charge in [-0.1, -0.05) is 36.4 Å². The topological polar surface area (TPSA) is 46.9 Å². The van der Waals surface area contributed by atoms with Crippen molar-refractivity contribution in [2.75, 3.05) is 0 Å². The van der Waals surface area contributed by atoms with Gasteiger partial charge in [0.1, 0.15) is 11.6 Å². The molecule has 4 aromatic rings. The number of fused-ring (bicyclic) bond motifs is 1. The van der Waals surface area contributed by atoms with Gasteiger partial charge in [0.2, 0.25) is 0 Å². The van der Waals surface area contributed by atoms with Crippen LogP contribution in [0.2, 0.25) is 0 Å². The third kappa shape index (κ3) is 3.64. The van der Waals surface area contributed by atoms with Crippen LogP contribution in [0, 0.1) is 12.7 Å². The maximum absolute atomic E-state index is 13.1. The van der Waals surface area contributed by atoms with Crippen molar-refractivity contribution >= 4 is 16.9 Å². The minimum Gasteiger partial charge on any atom is -0.345 e. The molecule has 1 aromatic heterocycles. The zero-order valence-corrected chi connectivity index (χ0v) is 15.5. The Labute approximate surface area is 162 Å². The van der Waals surface area contributed by atoms with Crippen molar-refractivity contribution in [1.29, 1.82) is 0 Å². The van der Waals surface area contributed by atoms with Crippen molar-refractivity contribution in [2.45, 2.75) is 20.0 Å². The Kier molecular flexibility index (Phi) is 4.89. The molecule has 3 aromatic carbocycles. The van der Waals surface area contributed by atoms with Crippen LogP contribution in [0.1, 0.15) is 27.3 Å². The minimum atomic E-state index is -0.364. The van der Waals surface area contributed by atoms with E-state index in [0.717, 1.165) is 16.9 Å². The number of benzene rings is 3. The van der Waals surface area contributed by atoms with E-state index in [1.165, 1.54) is 35.4 Å². The number of amides is 1. The van der Waals surface area contributed by atoms with Crippen molar-refractivity contribution in [3.8, 4) is 0 Å². The molecule has 1 amide bonds. The Morgan fingerprint density at radius 2 is 1.71 bits per heavy atom. The smallest absolute Gasteiger partial charge is 0.251 e. The van der Waals surface area contributed by atoms with Gasteiger partial charge in [0.15, 0.2) is 0 Å². The van der Waals surface area contributed by atoms with Crippen molar-refractivity contribution in [1.82, 2.24) is 14.9 Å². The van der Waals surface area contributed by atoms with Gasteiger partial charge >= 0.3 is 0 Å². The van der Waals surface area contributed by atoms with Gasteiger partial charge in [-0.25, -0.2) is 9.37 Å². The molecule has 4 nitrogen and oxygen atoms in total. The Bertz CT molecular complexity index is 1130. The number of halogens is 1. The number of carbonyl (C=O) groups excluding carboxylic acids is 1. The number of imidazole rings is 1. The molecule has 0 aliphatic rings. The summed E-state index contributed by atoms with van der Waals surface area (Å²) in [6.07, 6.45) is 0. The molecular formula is C23H20FN3O. The van der Waals surface area contributed by atoms with E-state index in [-0.39, 0.29) is 18.3 Å². The number of nitrogens with one attached hydrogen (secondary N) is 1. The van der Waals surface area contributed by atoms with E-state index < -0.39 is 0 Å². The van der Waals surface area contributed by atoms with E-state index >= 15 is 0 Å². The van der Waals surface area contributed by atoms with Crippen LogP contribution >= 0.6 is 0 Å². The molecule has 0 aliphatic carbocycles. The molecule has 0 aliphatic heterocycles. The van der Waals surface area contributed by atoms with Gasteiger partial charge in [-0.15, -0.1) is 0 Å². The number of hydrogen-bond acceptors (Lipinski definition) is 2. The molecule has 0 fully saturated rings. The Morgan fingerprint density at radius 3 is 2.50 bits per heavy atom. The molecule has 28 heavy (non-hydrogen) atoms. The lowest BCUT2D eigenvalue weighted by atomic mass is 10.1. The second-order valence-corrected chi connectivity index (χ2v) is 6.72. The van der Waals surface area contributed by atoms with Crippen LogP contribution in [-0.2, 0) is 13.1 Å². The summed E-state index contributed by atoms with van der Waals surface area (Å²) < 4.78 is 15.2. The second-order valence-electron chi connectivity index (χ2n) is 6.72. The summed E-state index contributed by atoms with van der Waals surface area (Å²) in [5, 5.41) is 2.89. The zero-order chi connectivity index (χ0) is 19.5. The van der Waals surface area contributed by atoms with E-state index in [9.17, 15) is 9.18 Å². The summed E-state index contributed by atoms with van der Waals surface area (Å²) in [6.45, 7) is 3.05. The quantitative estimate of drug-likeness (QED) is 0.561. The van der Waals surface area contributed by atoms with Crippen LogP contribution in [0.4, 0.5) is 4.39 Å². The first-order valence-corrected chi connectivity index (χ1v) is 9.14. The predicted molar refractivity (Wildman–Crippen MR) is 108 cm³/mol. The van der Waals surface area contributed by atoms with E-state index in [0.29, 0.717) is 12.1 Å². The third-order valence-corrected chi connectivity index (χ3v) is 4.84. The van der Waals surface area contributed by atoms with Crippen molar-refractivity contribution < 1.29 is 9.18 Å². The maximum atomic E-state index is 13.1. The van der Waals surface area contributed by atoms with Crippen molar-refractivity contribution in [3.05, 3.63) is 101 Å². The standard InChI is InChI=1S/C23H20FN3O/c1-16-6-2-3-7-18(16)15-27-21-9-5-4-8-20(21)26-22(27)14-25-23(28)17-10-12-19(24)13-11-17/h2-13H,14-15H2,1H3,(H,25,28). The summed E-state index contributed by atoms with van der Waals surface area (Å²) in [7, 11) is 0. The lowest BCUT2D eigenvalue weighted by molar-refractivity contribution is 0.0949. The molecule has 1 heterocycles. The highest BCUT2D eigenvalue weighted by atomic mass is 19.1. The lowest BCUT2D eigenvalue weighted by Crippen LogP contribution is -2.25. The molecule has 0 bridgehead atoms. The minimum absolute atomic E-state index is 0.255. The number of nitrogens with zero attached hydrogens (tertiary/aromatic N) is 2. The molecule has 0 saturated carbocycles. The molecule has 4 rings (SSSR count). The summed E-state index contributed by atoms with van der Waals surface area (Å²) in [4.78, 5) is 17.1. The van der Waals surface area contributed by atoms with Gasteiger partial charge < -0.3 is 9.88 Å². The third-order valence-electron chi connectivity index (χ3n) is 4.84. The predicted octanol–water partition coefficient (Wildman–Crippen LogP) is 4.46. The summed E-state index contributed by atoms with van der Waals surface area (Å²) in [6, 6.07) is 21.7. The molecule has 0 spiro atoms. The number of para-hydroxylation sites is 2. The fourth-order valence-electron chi connectivity index (χ4n) is 3.26. The Morgan fingerprint density at radius 1 is 1.00 bits per heavy atom. The number of aryl methyl sites for hydroxylation is 1. The van der Waals surface area contributed by atoms with E-state index in [1.54, 1.807) is 0 Å². The fourth-order valence-corrected chi connectivity index (χ4v) is 3.26. The summed E-state index contributed by atoms with van der Waals surface area (Å²) in [5.41, 5.74) is 4.75. The fraction of sp³-hybridized carbons (Fsp3) is 0.130. The molecular weight excluding hydrogens is 353 g/mol. The highest BCUT2D eigenvalue weighted by Crippen LogP contribution is 2.19. The van der Waals surface area contributed by atoms with E-state index in [1.807, 2.05) is 36.4 Å². The van der Waals surface area contributed by atoms with Crippen molar-refractivity contribution in [3.63, 3.8) is 0 Å². The van der Waals surface area contributed by atoms with Gasteiger partial charge in [0, 0.05) is 12.1 Å². The van der Waals surface area contributed by atoms with Crippen LogP contribution in [0.15, 0.2) is 72.8 Å². The van der Waals surface area contributed by atoms with Crippen molar-refractivity contribution in [2.24, 2.45) is 0 Å². The van der Waals surface area contributed by atoms with Gasteiger partial charge in [0.25, 0.3) is 5.91 Å². The molecule has 140 valence electrons. The highest BCUT2D eigenvalue weighted by molar-refractivity contribution is 5.94. The monoisotopic (exact) mass is 373 g/mol. The zero-order valence-electron chi connectivity index (χ0n) is 15.5. The number of hydrogen-bond donors (Lipinski definition) is 1. The van der Waals surface area contributed by atoms with Gasteiger partial charge in [0.05, 0.1) is 17.6 Å². The van der Waals surface area contributed by atoms with Crippen LogP contribution in [0.3, 0.4) is 0 Å². The Balaban J connectivity index is 1.62. The SMILES string of the molecule is Cc1ccccc1Cn1c(CNC(=O)c2ccc(F)cc2)nc2ccccc21. The molecule has 1 N–H and O–H groups in total. The first-order chi connectivity index (χ1) is 13.6. The maximum Gasteiger partial charge on any atom is 0.251 e. The Hall–Kier alpha value is -3.47. The molecule has 0 saturated heterocycles. The van der Waals surface area contributed by atoms with E-state index in [4.69, 9.17) is 4.98 Å². The number of aromatic nitrogens is 2. The molecule has 5 heteroatoms. The molecule has 0 atom stereocenters. The lowest BCUT2D eigenvalue weighted by Gasteiger charge is -2.12. The summed E-state index contributed by atoms with van der Waals surface area (Å²) >= 11 is 0. The van der Waals surface area contributed by atoms with Gasteiger partial charge in [-0.05, 0) is 54.4 Å². The van der Waals surface area contributed by atoms with Gasteiger partial charge in [-0.3, -0.25) is 4.79 Å². The molecule has 0 unspecified atom stereocenters. The highest BCUT2D eigenvalue weighted by Gasteiger charge is 2.13. The second kappa shape index (κ2) is 7.64. The average molecular weight is 373 g/mol. The number of carbonyl (C=O) groups is 1. The normalized spacial score (nSPS) is 10.9. The number of rotatable bonds is 5. The first-order valence-electron chi connectivity index (χ1n) is 9.14.